The van der Waals surface area contributed by atoms with Crippen LogP contribution in [0.3, 0.4) is 0 Å². The molecule has 0 amide bonds. The van der Waals surface area contributed by atoms with Crippen LogP contribution in [-0.2, 0) is 4.74 Å². The predicted molar refractivity (Wildman–Crippen MR) is 135 cm³/mol. The molecule has 2 aromatic rings. The first-order chi connectivity index (χ1) is 16.2. The molecule has 4 nitrogen and oxygen atoms in total. The van der Waals surface area contributed by atoms with Gasteiger partial charge in [-0.15, -0.1) is 0 Å². The maximum Gasteiger partial charge on any atom is 0.142 e. The lowest BCUT2D eigenvalue weighted by molar-refractivity contribution is 0.00415. The van der Waals surface area contributed by atoms with Gasteiger partial charge in [0.2, 0.25) is 0 Å². The number of hydrogen-bond acceptors (Lipinski definition) is 4. The summed E-state index contributed by atoms with van der Waals surface area (Å²) < 4.78 is 12.7. The molecule has 1 aliphatic carbocycles. The third-order valence-electron chi connectivity index (χ3n) is 8.02. The van der Waals surface area contributed by atoms with Crippen molar-refractivity contribution >= 4 is 5.69 Å². The highest BCUT2D eigenvalue weighted by atomic mass is 16.5. The van der Waals surface area contributed by atoms with Gasteiger partial charge in [-0.1, -0.05) is 68.7 Å². The molecule has 2 aliphatic heterocycles. The minimum Gasteiger partial charge on any atom is -0.489 e. The molecule has 2 heterocycles. The first kappa shape index (κ1) is 22.7. The lowest BCUT2D eigenvalue weighted by Gasteiger charge is -2.42. The van der Waals surface area contributed by atoms with E-state index in [-0.39, 0.29) is 6.04 Å². The fourth-order valence-corrected chi connectivity index (χ4v) is 6.02. The monoisotopic (exact) mass is 448 g/mol. The molecule has 1 saturated heterocycles. The Bertz CT molecular complexity index is 874. The number of hydrogen-bond donors (Lipinski definition) is 0. The van der Waals surface area contributed by atoms with Crippen molar-refractivity contribution in [1.82, 2.24) is 4.90 Å². The molecule has 5 rings (SSSR count). The molecule has 0 N–H and O–H groups in total. The summed E-state index contributed by atoms with van der Waals surface area (Å²) in [6, 6.07) is 20.0. The van der Waals surface area contributed by atoms with Gasteiger partial charge < -0.3 is 14.4 Å². The van der Waals surface area contributed by atoms with Crippen LogP contribution >= 0.6 is 0 Å². The van der Waals surface area contributed by atoms with Crippen LogP contribution in [0.25, 0.3) is 0 Å². The highest BCUT2D eigenvalue weighted by molar-refractivity contribution is 5.61. The molecule has 4 heteroatoms. The molecule has 2 fully saturated rings. The Hall–Kier alpha value is -2.04. The molecule has 1 saturated carbocycles. The van der Waals surface area contributed by atoms with Crippen molar-refractivity contribution in [3.63, 3.8) is 0 Å². The van der Waals surface area contributed by atoms with Crippen molar-refractivity contribution in [2.45, 2.75) is 64.0 Å². The standard InChI is InChI=1S/C29H40N2O2/c1-29(16-8-3-9-17-29)23-32-21-25(30-18-10-11-19-30)20-31-26-14-6-7-15-28(26)33-22-27(31)24-12-4-2-5-13-24/h2,4-7,12-15,25,27H,3,8-11,16-23H2,1H3. The molecule has 3 aliphatic rings. The molecule has 0 aromatic heterocycles. The molecular weight excluding hydrogens is 408 g/mol. The van der Waals surface area contributed by atoms with Crippen LogP contribution in [0.4, 0.5) is 5.69 Å². The van der Waals surface area contributed by atoms with Crippen LogP contribution in [-0.4, -0.2) is 50.4 Å². The number of fused-ring (bicyclic) bond motifs is 1. The lowest BCUT2D eigenvalue weighted by atomic mass is 9.76. The quantitative estimate of drug-likeness (QED) is 0.489. The van der Waals surface area contributed by atoms with E-state index in [1.165, 1.54) is 69.3 Å². The van der Waals surface area contributed by atoms with Crippen LogP contribution in [0, 0.1) is 5.41 Å². The minimum absolute atomic E-state index is 0.224. The summed E-state index contributed by atoms with van der Waals surface area (Å²) in [5.41, 5.74) is 2.90. The molecular formula is C29H40N2O2. The summed E-state index contributed by atoms with van der Waals surface area (Å²) in [5, 5.41) is 0. The van der Waals surface area contributed by atoms with Crippen LogP contribution in [0.2, 0.25) is 0 Å². The van der Waals surface area contributed by atoms with Crippen molar-refractivity contribution in [2.75, 3.05) is 44.4 Å². The molecule has 2 unspecified atom stereocenters. The van der Waals surface area contributed by atoms with E-state index < -0.39 is 0 Å². The SMILES string of the molecule is CC1(COCC(CN2c3ccccc3OCC2c2ccccc2)N2CCCC2)CCCCC1. The minimum atomic E-state index is 0.224. The fraction of sp³-hybridized carbons (Fsp3) is 0.586. The van der Waals surface area contributed by atoms with Crippen molar-refractivity contribution in [2.24, 2.45) is 5.41 Å². The van der Waals surface area contributed by atoms with Crippen LogP contribution in [0.15, 0.2) is 54.6 Å². The van der Waals surface area contributed by atoms with Crippen molar-refractivity contribution in [1.29, 1.82) is 0 Å². The van der Waals surface area contributed by atoms with Crippen LogP contribution in [0.1, 0.15) is 63.5 Å². The van der Waals surface area contributed by atoms with Gasteiger partial charge >= 0.3 is 0 Å². The van der Waals surface area contributed by atoms with Gasteiger partial charge in [0.25, 0.3) is 0 Å². The number of para-hydroxylation sites is 2. The molecule has 0 spiro atoms. The second-order valence-electron chi connectivity index (χ2n) is 10.6. The zero-order valence-electron chi connectivity index (χ0n) is 20.3. The zero-order valence-corrected chi connectivity index (χ0v) is 20.3. The highest BCUT2D eigenvalue weighted by Crippen LogP contribution is 2.40. The summed E-state index contributed by atoms with van der Waals surface area (Å²) >= 11 is 0. The van der Waals surface area contributed by atoms with E-state index in [0.717, 1.165) is 25.5 Å². The van der Waals surface area contributed by atoms with E-state index >= 15 is 0 Å². The summed E-state index contributed by atoms with van der Waals surface area (Å²) in [7, 11) is 0. The molecule has 0 radical (unpaired) electrons. The second kappa shape index (κ2) is 10.5. The molecule has 0 bridgehead atoms. The average Bonchev–Trinajstić information content (AvgIpc) is 3.39. The van der Waals surface area contributed by atoms with Gasteiger partial charge in [0.05, 0.1) is 31.0 Å². The smallest absolute Gasteiger partial charge is 0.142 e. The first-order valence-corrected chi connectivity index (χ1v) is 13.1. The molecule has 2 aromatic carbocycles. The van der Waals surface area contributed by atoms with Gasteiger partial charge in [0, 0.05) is 6.54 Å². The lowest BCUT2D eigenvalue weighted by Crippen LogP contribution is -2.49. The van der Waals surface area contributed by atoms with Crippen LogP contribution in [0.5, 0.6) is 5.75 Å². The van der Waals surface area contributed by atoms with E-state index in [2.05, 4.69) is 71.3 Å². The predicted octanol–water partition coefficient (Wildman–Crippen LogP) is 6.08. The summed E-state index contributed by atoms with van der Waals surface area (Å²) in [6.07, 6.45) is 9.34. The van der Waals surface area contributed by atoms with Gasteiger partial charge in [0.1, 0.15) is 12.4 Å². The molecule has 2 atom stereocenters. The van der Waals surface area contributed by atoms with E-state index in [0.29, 0.717) is 18.1 Å². The Kier molecular flexibility index (Phi) is 7.22. The third-order valence-corrected chi connectivity index (χ3v) is 8.02. The number of rotatable bonds is 8. The van der Waals surface area contributed by atoms with E-state index in [9.17, 15) is 0 Å². The highest BCUT2D eigenvalue weighted by Gasteiger charge is 2.34. The Morgan fingerprint density at radius 1 is 0.939 bits per heavy atom. The van der Waals surface area contributed by atoms with Crippen molar-refractivity contribution < 1.29 is 9.47 Å². The van der Waals surface area contributed by atoms with Crippen molar-refractivity contribution in [3.05, 3.63) is 60.2 Å². The number of nitrogens with zero attached hydrogens (tertiary/aromatic N) is 2. The Morgan fingerprint density at radius 2 is 1.67 bits per heavy atom. The molecule has 33 heavy (non-hydrogen) atoms. The summed E-state index contributed by atoms with van der Waals surface area (Å²) in [5.74, 6) is 1.00. The van der Waals surface area contributed by atoms with Gasteiger partial charge in [0.15, 0.2) is 0 Å². The summed E-state index contributed by atoms with van der Waals surface area (Å²) in [4.78, 5) is 5.26. The maximum atomic E-state index is 6.52. The Morgan fingerprint density at radius 3 is 2.45 bits per heavy atom. The topological polar surface area (TPSA) is 24.9 Å². The second-order valence-corrected chi connectivity index (χ2v) is 10.6. The number of anilines is 1. The number of ether oxygens (including phenoxy) is 2. The Labute approximate surface area is 199 Å². The zero-order chi connectivity index (χ0) is 22.5. The largest absolute Gasteiger partial charge is 0.489 e. The Balaban J connectivity index is 1.35. The van der Waals surface area contributed by atoms with E-state index in [1.54, 1.807) is 0 Å². The van der Waals surface area contributed by atoms with E-state index in [1.807, 2.05) is 0 Å². The number of likely N-dealkylation sites (tertiary alicyclic amines) is 1. The third kappa shape index (κ3) is 5.38. The van der Waals surface area contributed by atoms with Gasteiger partial charge in [-0.25, -0.2) is 0 Å². The van der Waals surface area contributed by atoms with E-state index in [4.69, 9.17) is 9.47 Å². The molecule has 178 valence electrons. The maximum absolute atomic E-state index is 6.52. The van der Waals surface area contributed by atoms with Gasteiger partial charge in [-0.3, -0.25) is 4.90 Å². The average molecular weight is 449 g/mol. The fourth-order valence-electron chi connectivity index (χ4n) is 6.02. The van der Waals surface area contributed by atoms with Gasteiger partial charge in [-0.2, -0.15) is 0 Å². The summed E-state index contributed by atoms with van der Waals surface area (Å²) in [6.45, 7) is 8.18. The first-order valence-electron chi connectivity index (χ1n) is 13.1. The number of benzene rings is 2. The van der Waals surface area contributed by atoms with Crippen molar-refractivity contribution in [3.8, 4) is 5.75 Å². The van der Waals surface area contributed by atoms with Crippen LogP contribution < -0.4 is 9.64 Å². The normalized spacial score (nSPS) is 23.7. The van der Waals surface area contributed by atoms with Gasteiger partial charge in [-0.05, 0) is 61.9 Å².